The number of aliphatic hydroxyl groups is 1. The molecule has 1 atom stereocenters. The molecule has 0 heterocycles. The lowest BCUT2D eigenvalue weighted by molar-refractivity contribution is 0.199. The van der Waals surface area contributed by atoms with Crippen molar-refractivity contribution in [2.24, 2.45) is 0 Å². The van der Waals surface area contributed by atoms with Crippen molar-refractivity contribution in [2.75, 3.05) is 0 Å². The van der Waals surface area contributed by atoms with E-state index in [9.17, 15) is 5.11 Å². The Balaban J connectivity index is 2.91. The molecular weight excluding hydrogens is 136 g/mol. The number of benzene rings is 1. The summed E-state index contributed by atoms with van der Waals surface area (Å²) in [5, 5.41) is 9.24. The zero-order valence-electron chi connectivity index (χ0n) is 7.04. The molecule has 1 nitrogen and oxygen atoms in total. The second-order valence-electron chi connectivity index (χ2n) is 2.77. The molecule has 1 aromatic carbocycles. The van der Waals surface area contributed by atoms with Gasteiger partial charge in [-0.15, -0.1) is 0 Å². The highest BCUT2D eigenvalue weighted by Crippen LogP contribution is 2.13. The van der Waals surface area contributed by atoms with Crippen LogP contribution in [-0.4, -0.2) is 5.11 Å². The third kappa shape index (κ3) is 2.05. The Morgan fingerprint density at radius 3 is 2.73 bits per heavy atom. The molecule has 60 valence electrons. The van der Waals surface area contributed by atoms with Crippen LogP contribution in [0.4, 0.5) is 0 Å². The molecule has 0 saturated heterocycles. The molecule has 0 unspecified atom stereocenters. The van der Waals surface area contributed by atoms with Gasteiger partial charge in [0.2, 0.25) is 0 Å². The molecule has 0 spiro atoms. The first kappa shape index (κ1) is 8.28. The minimum absolute atomic E-state index is 0.346. The summed E-state index contributed by atoms with van der Waals surface area (Å²) in [4.78, 5) is 0. The summed E-state index contributed by atoms with van der Waals surface area (Å²) >= 11 is 0. The highest BCUT2D eigenvalue weighted by Gasteiger charge is 1.99. The van der Waals surface area contributed by atoms with E-state index in [2.05, 4.69) is 13.0 Å². The van der Waals surface area contributed by atoms with Crippen LogP contribution in [0.1, 0.15) is 31.1 Å². The number of aryl methyl sites for hydroxylation is 1. The largest absolute Gasteiger partial charge is 0.389 e. The molecule has 0 aromatic heterocycles. The zero-order valence-corrected chi connectivity index (χ0v) is 7.04. The van der Waals surface area contributed by atoms with Crippen LogP contribution >= 0.6 is 0 Å². The summed E-state index contributed by atoms with van der Waals surface area (Å²) in [6.45, 7) is 3.90. The van der Waals surface area contributed by atoms with Crippen LogP contribution in [-0.2, 0) is 6.42 Å². The molecular formula is C10H14O. The number of hydrogen-bond acceptors (Lipinski definition) is 1. The van der Waals surface area contributed by atoms with Crippen LogP contribution in [0.5, 0.6) is 0 Å². The minimum atomic E-state index is -0.346. The van der Waals surface area contributed by atoms with Gasteiger partial charge in [-0.3, -0.25) is 0 Å². The molecule has 11 heavy (non-hydrogen) atoms. The second kappa shape index (κ2) is 3.54. The first-order valence-electron chi connectivity index (χ1n) is 4.01. The number of rotatable bonds is 2. The molecule has 0 saturated carbocycles. The second-order valence-corrected chi connectivity index (χ2v) is 2.77. The predicted octanol–water partition coefficient (Wildman–Crippen LogP) is 2.30. The molecule has 0 fully saturated rings. The van der Waals surface area contributed by atoms with E-state index in [4.69, 9.17) is 0 Å². The standard InChI is InChI=1S/C10H14O/c1-3-9-5-4-6-10(7-9)8(2)11/h4-8,11H,3H2,1-2H3/t8-/m0/s1. The van der Waals surface area contributed by atoms with Gasteiger partial charge in [-0.2, -0.15) is 0 Å². The van der Waals surface area contributed by atoms with Crippen molar-refractivity contribution < 1.29 is 5.11 Å². The Morgan fingerprint density at radius 1 is 1.45 bits per heavy atom. The topological polar surface area (TPSA) is 20.2 Å². The average Bonchev–Trinajstić information content (AvgIpc) is 2.05. The van der Waals surface area contributed by atoms with Crippen LogP contribution < -0.4 is 0 Å². The summed E-state index contributed by atoms with van der Waals surface area (Å²) in [7, 11) is 0. The van der Waals surface area contributed by atoms with Gasteiger partial charge in [0.1, 0.15) is 0 Å². The van der Waals surface area contributed by atoms with Crippen molar-refractivity contribution in [2.45, 2.75) is 26.4 Å². The Bertz CT molecular complexity index is 228. The Labute approximate surface area is 67.7 Å². The normalized spacial score (nSPS) is 13.0. The highest BCUT2D eigenvalue weighted by molar-refractivity contribution is 5.24. The van der Waals surface area contributed by atoms with Crippen LogP contribution in [0, 0.1) is 0 Å². The third-order valence-electron chi connectivity index (χ3n) is 1.84. The zero-order chi connectivity index (χ0) is 8.27. The van der Waals surface area contributed by atoms with Gasteiger partial charge in [0, 0.05) is 0 Å². The smallest absolute Gasteiger partial charge is 0.0762 e. The fraction of sp³-hybridized carbons (Fsp3) is 0.400. The van der Waals surface area contributed by atoms with E-state index in [0.717, 1.165) is 12.0 Å². The van der Waals surface area contributed by atoms with E-state index in [-0.39, 0.29) is 6.10 Å². The van der Waals surface area contributed by atoms with Crippen molar-refractivity contribution in [1.29, 1.82) is 0 Å². The van der Waals surface area contributed by atoms with Gasteiger partial charge in [-0.05, 0) is 24.5 Å². The SMILES string of the molecule is CCc1cccc([C@H](C)O)c1. The molecule has 1 rings (SSSR count). The first-order valence-corrected chi connectivity index (χ1v) is 4.01. The molecule has 0 aliphatic rings. The van der Waals surface area contributed by atoms with Crippen molar-refractivity contribution in [3.63, 3.8) is 0 Å². The molecule has 1 aromatic rings. The van der Waals surface area contributed by atoms with Crippen molar-refractivity contribution in [1.82, 2.24) is 0 Å². The maximum atomic E-state index is 9.24. The quantitative estimate of drug-likeness (QED) is 0.685. The van der Waals surface area contributed by atoms with Crippen LogP contribution in [0.2, 0.25) is 0 Å². The monoisotopic (exact) mass is 150 g/mol. The highest BCUT2D eigenvalue weighted by atomic mass is 16.3. The summed E-state index contributed by atoms with van der Waals surface area (Å²) in [6.07, 6.45) is 0.682. The van der Waals surface area contributed by atoms with E-state index < -0.39 is 0 Å². The van der Waals surface area contributed by atoms with Gasteiger partial charge < -0.3 is 5.11 Å². The van der Waals surface area contributed by atoms with Crippen molar-refractivity contribution in [3.8, 4) is 0 Å². The van der Waals surface area contributed by atoms with E-state index >= 15 is 0 Å². The van der Waals surface area contributed by atoms with Gasteiger partial charge in [0.05, 0.1) is 6.10 Å². The maximum absolute atomic E-state index is 9.24. The van der Waals surface area contributed by atoms with Gasteiger partial charge in [0.15, 0.2) is 0 Å². The third-order valence-corrected chi connectivity index (χ3v) is 1.84. The summed E-state index contributed by atoms with van der Waals surface area (Å²) < 4.78 is 0. The van der Waals surface area contributed by atoms with E-state index in [0.29, 0.717) is 0 Å². The number of aliphatic hydroxyl groups excluding tert-OH is 1. The van der Waals surface area contributed by atoms with E-state index in [1.807, 2.05) is 18.2 Å². The molecule has 0 radical (unpaired) electrons. The Morgan fingerprint density at radius 2 is 2.18 bits per heavy atom. The molecule has 0 amide bonds. The van der Waals surface area contributed by atoms with Gasteiger partial charge in [-0.25, -0.2) is 0 Å². The van der Waals surface area contributed by atoms with Gasteiger partial charge in [0.25, 0.3) is 0 Å². The molecule has 1 N–H and O–H groups in total. The fourth-order valence-corrected chi connectivity index (χ4v) is 1.07. The lowest BCUT2D eigenvalue weighted by atomic mass is 10.1. The van der Waals surface area contributed by atoms with E-state index in [1.165, 1.54) is 5.56 Å². The fourth-order valence-electron chi connectivity index (χ4n) is 1.07. The lowest BCUT2D eigenvalue weighted by Gasteiger charge is -2.05. The molecule has 0 aliphatic heterocycles. The maximum Gasteiger partial charge on any atom is 0.0762 e. The summed E-state index contributed by atoms with van der Waals surface area (Å²) in [6, 6.07) is 8.06. The van der Waals surface area contributed by atoms with Crippen molar-refractivity contribution >= 4 is 0 Å². The van der Waals surface area contributed by atoms with Crippen LogP contribution in [0.3, 0.4) is 0 Å². The molecule has 0 aliphatic carbocycles. The Kier molecular flexibility index (Phi) is 2.66. The van der Waals surface area contributed by atoms with E-state index in [1.54, 1.807) is 6.92 Å². The number of hydrogen-bond donors (Lipinski definition) is 1. The van der Waals surface area contributed by atoms with Crippen molar-refractivity contribution in [3.05, 3.63) is 35.4 Å². The summed E-state index contributed by atoms with van der Waals surface area (Å²) in [5.74, 6) is 0. The van der Waals surface area contributed by atoms with Crippen LogP contribution in [0.25, 0.3) is 0 Å². The molecule has 1 heteroatoms. The average molecular weight is 150 g/mol. The summed E-state index contributed by atoms with van der Waals surface area (Å²) in [5.41, 5.74) is 2.28. The Hall–Kier alpha value is -0.820. The predicted molar refractivity (Wildman–Crippen MR) is 46.5 cm³/mol. The van der Waals surface area contributed by atoms with Gasteiger partial charge >= 0.3 is 0 Å². The van der Waals surface area contributed by atoms with Gasteiger partial charge in [-0.1, -0.05) is 31.2 Å². The lowest BCUT2D eigenvalue weighted by Crippen LogP contribution is -1.91. The van der Waals surface area contributed by atoms with Crippen LogP contribution in [0.15, 0.2) is 24.3 Å². The minimum Gasteiger partial charge on any atom is -0.389 e. The first-order chi connectivity index (χ1) is 5.24. The molecule has 0 bridgehead atoms.